The van der Waals surface area contributed by atoms with E-state index in [1.165, 1.54) is 0 Å². The third kappa shape index (κ3) is 4.14. The van der Waals surface area contributed by atoms with Gasteiger partial charge in [0.05, 0.1) is 30.3 Å². The van der Waals surface area contributed by atoms with E-state index in [4.69, 9.17) is 9.47 Å². The molecule has 0 aromatic heterocycles. The molecule has 2 aromatic rings. The third-order valence-corrected chi connectivity index (χ3v) is 5.68. The molecular weight excluding hydrogens is 384 g/mol. The number of aryl methyl sites for hydroxylation is 2. The number of benzene rings is 2. The summed E-state index contributed by atoms with van der Waals surface area (Å²) in [6.07, 6.45) is 1.88. The molecule has 0 radical (unpaired) electrons. The standard InChI is InChI=1S/C24H24O6/c25-14-18-13-20(28)24-16(4-2-6-22(24)30-18)8-10-17(26)9-7-15-3-1-5-21-23(15)19(27)11-12-29-21/h1-6,14,17-18,26H,7-13H2. The van der Waals surface area contributed by atoms with E-state index in [1.54, 1.807) is 18.2 Å². The molecule has 156 valence electrons. The van der Waals surface area contributed by atoms with E-state index < -0.39 is 12.2 Å². The van der Waals surface area contributed by atoms with Crippen LogP contribution in [0.25, 0.3) is 0 Å². The molecule has 2 aromatic carbocycles. The monoisotopic (exact) mass is 408 g/mol. The maximum atomic E-state index is 12.5. The minimum atomic E-state index is -0.727. The van der Waals surface area contributed by atoms with Gasteiger partial charge in [-0.05, 0) is 48.9 Å². The summed E-state index contributed by atoms with van der Waals surface area (Å²) < 4.78 is 11.1. The number of fused-ring (bicyclic) bond motifs is 2. The summed E-state index contributed by atoms with van der Waals surface area (Å²) in [5.41, 5.74) is 2.88. The predicted molar refractivity (Wildman–Crippen MR) is 109 cm³/mol. The van der Waals surface area contributed by atoms with Gasteiger partial charge < -0.3 is 14.6 Å². The summed E-state index contributed by atoms with van der Waals surface area (Å²) in [6, 6.07) is 10.9. The zero-order valence-electron chi connectivity index (χ0n) is 16.6. The average molecular weight is 408 g/mol. The molecule has 2 heterocycles. The predicted octanol–water partition coefficient (Wildman–Crippen LogP) is 3.11. The highest BCUT2D eigenvalue weighted by atomic mass is 16.5. The second kappa shape index (κ2) is 8.79. The van der Waals surface area contributed by atoms with Crippen LogP contribution < -0.4 is 9.47 Å². The van der Waals surface area contributed by atoms with Crippen LogP contribution in [0, 0.1) is 0 Å². The number of aldehydes is 1. The first kappa shape index (κ1) is 20.3. The number of rotatable bonds is 7. The van der Waals surface area contributed by atoms with Crippen molar-refractivity contribution in [3.8, 4) is 11.5 Å². The number of carbonyl (C=O) groups excluding carboxylic acids is 3. The van der Waals surface area contributed by atoms with Gasteiger partial charge in [-0.3, -0.25) is 14.4 Å². The molecule has 2 aliphatic heterocycles. The summed E-state index contributed by atoms with van der Waals surface area (Å²) in [5.74, 6) is 1.04. The molecule has 2 aliphatic rings. The molecule has 30 heavy (non-hydrogen) atoms. The van der Waals surface area contributed by atoms with Crippen molar-refractivity contribution in [3.63, 3.8) is 0 Å². The Morgan fingerprint density at radius 3 is 2.27 bits per heavy atom. The molecule has 4 rings (SSSR count). The van der Waals surface area contributed by atoms with E-state index in [-0.39, 0.29) is 18.0 Å². The molecule has 0 spiro atoms. The fourth-order valence-corrected chi connectivity index (χ4v) is 4.15. The maximum Gasteiger partial charge on any atom is 0.171 e. The van der Waals surface area contributed by atoms with Crippen molar-refractivity contribution in [2.24, 2.45) is 0 Å². The molecule has 0 bridgehead atoms. The van der Waals surface area contributed by atoms with Crippen LogP contribution in [0.2, 0.25) is 0 Å². The average Bonchev–Trinajstić information content (AvgIpc) is 2.76. The van der Waals surface area contributed by atoms with E-state index in [2.05, 4.69) is 0 Å². The quantitative estimate of drug-likeness (QED) is 0.708. The zero-order chi connectivity index (χ0) is 21.1. The fraction of sp³-hybridized carbons (Fsp3) is 0.375. The van der Waals surface area contributed by atoms with Gasteiger partial charge in [0.2, 0.25) is 0 Å². The van der Waals surface area contributed by atoms with Crippen molar-refractivity contribution in [1.29, 1.82) is 0 Å². The van der Waals surface area contributed by atoms with Crippen LogP contribution in [0.15, 0.2) is 36.4 Å². The lowest BCUT2D eigenvalue weighted by Gasteiger charge is -2.23. The highest BCUT2D eigenvalue weighted by Crippen LogP contribution is 2.32. The highest BCUT2D eigenvalue weighted by Gasteiger charge is 2.28. The Hall–Kier alpha value is -2.99. The second-order valence-electron chi connectivity index (χ2n) is 7.75. The van der Waals surface area contributed by atoms with E-state index in [0.29, 0.717) is 67.6 Å². The Kier molecular flexibility index (Phi) is 5.95. The maximum absolute atomic E-state index is 12.5. The van der Waals surface area contributed by atoms with Gasteiger partial charge in [-0.25, -0.2) is 0 Å². The molecule has 6 heteroatoms. The Bertz CT molecular complexity index is 980. The highest BCUT2D eigenvalue weighted by molar-refractivity contribution is 6.02. The van der Waals surface area contributed by atoms with E-state index in [1.807, 2.05) is 18.2 Å². The van der Waals surface area contributed by atoms with Gasteiger partial charge in [0, 0.05) is 6.42 Å². The van der Waals surface area contributed by atoms with E-state index in [0.717, 1.165) is 11.1 Å². The Morgan fingerprint density at radius 1 is 0.967 bits per heavy atom. The van der Waals surface area contributed by atoms with Crippen LogP contribution in [-0.2, 0) is 17.6 Å². The van der Waals surface area contributed by atoms with Gasteiger partial charge in [-0.2, -0.15) is 0 Å². The van der Waals surface area contributed by atoms with Gasteiger partial charge in [0.15, 0.2) is 24.0 Å². The number of aliphatic hydroxyl groups excluding tert-OH is 1. The number of aliphatic hydroxyl groups is 1. The van der Waals surface area contributed by atoms with E-state index in [9.17, 15) is 19.5 Å². The summed E-state index contributed by atoms with van der Waals surface area (Å²) in [7, 11) is 0. The molecule has 0 saturated heterocycles. The first-order chi connectivity index (χ1) is 14.6. The van der Waals surface area contributed by atoms with Crippen LogP contribution in [-0.4, -0.2) is 41.8 Å². The first-order valence-electron chi connectivity index (χ1n) is 10.3. The molecule has 2 unspecified atom stereocenters. The van der Waals surface area contributed by atoms with Crippen molar-refractivity contribution >= 4 is 17.9 Å². The molecule has 6 nitrogen and oxygen atoms in total. The van der Waals surface area contributed by atoms with Crippen LogP contribution >= 0.6 is 0 Å². The fourth-order valence-electron chi connectivity index (χ4n) is 4.15. The molecule has 0 amide bonds. The second-order valence-corrected chi connectivity index (χ2v) is 7.75. The topological polar surface area (TPSA) is 89.9 Å². The number of ketones is 2. The molecule has 0 aliphatic carbocycles. The van der Waals surface area contributed by atoms with Crippen molar-refractivity contribution in [2.45, 2.75) is 50.7 Å². The summed E-state index contributed by atoms with van der Waals surface area (Å²) >= 11 is 0. The number of carbonyl (C=O) groups is 3. The lowest BCUT2D eigenvalue weighted by atomic mass is 9.91. The Balaban J connectivity index is 1.39. The van der Waals surface area contributed by atoms with Gasteiger partial charge in [-0.1, -0.05) is 24.3 Å². The number of ether oxygens (including phenoxy) is 2. The number of Topliss-reactive ketones (excluding diaryl/α,β-unsaturated/α-hetero) is 2. The normalized spacial score (nSPS) is 18.6. The van der Waals surface area contributed by atoms with Crippen LogP contribution in [0.3, 0.4) is 0 Å². The van der Waals surface area contributed by atoms with Crippen molar-refractivity contribution in [2.75, 3.05) is 6.61 Å². The zero-order valence-corrected chi connectivity index (χ0v) is 16.6. The Morgan fingerprint density at radius 2 is 1.60 bits per heavy atom. The van der Waals surface area contributed by atoms with Gasteiger partial charge in [-0.15, -0.1) is 0 Å². The number of hydrogen-bond acceptors (Lipinski definition) is 6. The SMILES string of the molecule is O=CC1CC(=O)c2c(CCC(O)CCc3cccc4c3C(=O)CCO4)cccc2O1. The molecular formula is C24H24O6. The number of hydrogen-bond donors (Lipinski definition) is 1. The third-order valence-electron chi connectivity index (χ3n) is 5.68. The van der Waals surface area contributed by atoms with Crippen molar-refractivity contribution in [3.05, 3.63) is 58.7 Å². The van der Waals surface area contributed by atoms with Gasteiger partial charge >= 0.3 is 0 Å². The van der Waals surface area contributed by atoms with E-state index >= 15 is 0 Å². The largest absolute Gasteiger partial charge is 0.492 e. The van der Waals surface area contributed by atoms with Crippen molar-refractivity contribution in [1.82, 2.24) is 0 Å². The van der Waals surface area contributed by atoms with Gasteiger partial charge in [0.1, 0.15) is 11.5 Å². The molecule has 0 saturated carbocycles. The summed E-state index contributed by atoms with van der Waals surface area (Å²) in [5, 5.41) is 10.5. The van der Waals surface area contributed by atoms with Crippen LogP contribution in [0.4, 0.5) is 0 Å². The smallest absolute Gasteiger partial charge is 0.171 e. The minimum absolute atomic E-state index is 0.0469. The molecule has 1 N–H and O–H groups in total. The lowest BCUT2D eigenvalue weighted by molar-refractivity contribution is -0.113. The van der Waals surface area contributed by atoms with Crippen LogP contribution in [0.1, 0.15) is 57.5 Å². The molecule has 0 fully saturated rings. The molecule has 2 atom stereocenters. The summed E-state index contributed by atoms with van der Waals surface area (Å²) in [6.45, 7) is 0.412. The Labute approximate surface area is 174 Å². The minimum Gasteiger partial charge on any atom is -0.492 e. The summed E-state index contributed by atoms with van der Waals surface area (Å²) in [4.78, 5) is 35.7. The lowest BCUT2D eigenvalue weighted by Crippen LogP contribution is -2.29. The van der Waals surface area contributed by atoms with Crippen molar-refractivity contribution < 1.29 is 29.0 Å². The first-order valence-corrected chi connectivity index (χ1v) is 10.3. The van der Waals surface area contributed by atoms with Gasteiger partial charge in [0.25, 0.3) is 0 Å². The van der Waals surface area contributed by atoms with Crippen LogP contribution in [0.5, 0.6) is 11.5 Å².